The molecule has 14 heavy (non-hydrogen) atoms. The van der Waals surface area contributed by atoms with Crippen LogP contribution in [0.2, 0.25) is 0 Å². The van der Waals surface area contributed by atoms with Crippen molar-refractivity contribution in [1.29, 1.82) is 0 Å². The van der Waals surface area contributed by atoms with Crippen LogP contribution in [0, 0.1) is 0 Å². The Labute approximate surface area is 91.3 Å². The van der Waals surface area contributed by atoms with E-state index in [2.05, 4.69) is 49.9 Å². The second kappa shape index (κ2) is 3.71. The minimum Gasteiger partial charge on any atom is -0.317 e. The first-order valence-corrected chi connectivity index (χ1v) is 5.31. The molecule has 74 valence electrons. The normalized spacial score (nSPS) is 13.4. The van der Waals surface area contributed by atoms with E-state index in [1.807, 2.05) is 19.4 Å². The number of hydrogen-bond acceptors (Lipinski definition) is 2. The summed E-state index contributed by atoms with van der Waals surface area (Å²) >= 11 is 3.41. The van der Waals surface area contributed by atoms with Crippen LogP contribution in [0.15, 0.2) is 29.0 Å². The quantitative estimate of drug-likeness (QED) is 0.892. The summed E-state index contributed by atoms with van der Waals surface area (Å²) in [6.45, 7) is 2.10. The van der Waals surface area contributed by atoms with E-state index in [9.17, 15) is 0 Å². The fourth-order valence-corrected chi connectivity index (χ4v) is 1.82. The number of halogens is 1. The second-order valence-corrected chi connectivity index (χ2v) is 4.17. The standard InChI is InChI=1S/C10H12BrN3/c1-7(12-2)14-4-3-8-5-9(11)6-13-10(8)14/h3-7,12H,1-2H3. The molecule has 0 saturated carbocycles. The first-order chi connectivity index (χ1) is 6.72. The zero-order valence-electron chi connectivity index (χ0n) is 8.16. The molecule has 0 fully saturated rings. The highest BCUT2D eigenvalue weighted by Gasteiger charge is 2.06. The molecule has 2 rings (SSSR count). The van der Waals surface area contributed by atoms with Gasteiger partial charge in [-0.15, -0.1) is 0 Å². The van der Waals surface area contributed by atoms with Gasteiger partial charge in [0, 0.05) is 22.3 Å². The maximum absolute atomic E-state index is 4.39. The number of pyridine rings is 1. The van der Waals surface area contributed by atoms with Crippen LogP contribution in [-0.4, -0.2) is 16.6 Å². The average Bonchev–Trinajstić information content (AvgIpc) is 2.59. The Hall–Kier alpha value is -0.870. The number of rotatable bonds is 2. The van der Waals surface area contributed by atoms with Crippen molar-refractivity contribution in [1.82, 2.24) is 14.9 Å². The molecule has 2 heterocycles. The monoisotopic (exact) mass is 253 g/mol. The minimum atomic E-state index is 0.265. The number of aromatic nitrogens is 2. The molecule has 2 aromatic heterocycles. The summed E-state index contributed by atoms with van der Waals surface area (Å²) in [5.74, 6) is 0. The summed E-state index contributed by atoms with van der Waals surface area (Å²) in [7, 11) is 1.94. The topological polar surface area (TPSA) is 29.9 Å². The Bertz CT molecular complexity index is 450. The van der Waals surface area contributed by atoms with Gasteiger partial charge in [0.2, 0.25) is 0 Å². The molecule has 1 unspecified atom stereocenters. The SMILES string of the molecule is CNC(C)n1ccc2cc(Br)cnc21. The van der Waals surface area contributed by atoms with Crippen molar-refractivity contribution in [3.63, 3.8) is 0 Å². The van der Waals surface area contributed by atoms with Gasteiger partial charge in [-0.1, -0.05) is 0 Å². The Morgan fingerprint density at radius 3 is 3.07 bits per heavy atom. The van der Waals surface area contributed by atoms with Crippen LogP contribution >= 0.6 is 15.9 Å². The molecule has 3 nitrogen and oxygen atoms in total. The third kappa shape index (κ3) is 1.55. The Morgan fingerprint density at radius 1 is 1.57 bits per heavy atom. The summed E-state index contributed by atoms with van der Waals surface area (Å²) in [5.41, 5.74) is 1.01. The second-order valence-electron chi connectivity index (χ2n) is 3.25. The zero-order valence-corrected chi connectivity index (χ0v) is 9.75. The van der Waals surface area contributed by atoms with Gasteiger partial charge in [-0.2, -0.15) is 0 Å². The smallest absolute Gasteiger partial charge is 0.141 e. The number of hydrogen-bond donors (Lipinski definition) is 1. The van der Waals surface area contributed by atoms with Gasteiger partial charge in [-0.25, -0.2) is 4.98 Å². The lowest BCUT2D eigenvalue weighted by atomic mass is 10.3. The molecule has 0 aliphatic heterocycles. The third-order valence-corrected chi connectivity index (χ3v) is 2.79. The summed E-state index contributed by atoms with van der Waals surface area (Å²) in [6.07, 6.45) is 4.13. The van der Waals surface area contributed by atoms with Crippen LogP contribution in [0.1, 0.15) is 13.1 Å². The van der Waals surface area contributed by atoms with Gasteiger partial charge in [-0.05, 0) is 42.0 Å². The van der Waals surface area contributed by atoms with Gasteiger partial charge >= 0.3 is 0 Å². The first-order valence-electron chi connectivity index (χ1n) is 4.51. The number of fused-ring (bicyclic) bond motifs is 1. The molecule has 0 aliphatic carbocycles. The molecule has 0 saturated heterocycles. The van der Waals surface area contributed by atoms with Gasteiger partial charge < -0.3 is 9.88 Å². The molecule has 0 spiro atoms. The predicted octanol–water partition coefficient (Wildman–Crippen LogP) is 2.54. The maximum Gasteiger partial charge on any atom is 0.141 e. The Morgan fingerprint density at radius 2 is 2.36 bits per heavy atom. The van der Waals surface area contributed by atoms with Gasteiger partial charge in [0.25, 0.3) is 0 Å². The van der Waals surface area contributed by atoms with Crippen molar-refractivity contribution >= 4 is 27.0 Å². The number of nitrogens with zero attached hydrogens (tertiary/aromatic N) is 2. The highest BCUT2D eigenvalue weighted by molar-refractivity contribution is 9.10. The minimum absolute atomic E-state index is 0.265. The van der Waals surface area contributed by atoms with Crippen molar-refractivity contribution in [2.75, 3.05) is 7.05 Å². The summed E-state index contributed by atoms with van der Waals surface area (Å²) in [4.78, 5) is 4.39. The van der Waals surface area contributed by atoms with E-state index >= 15 is 0 Å². The van der Waals surface area contributed by atoms with Crippen molar-refractivity contribution < 1.29 is 0 Å². The summed E-state index contributed by atoms with van der Waals surface area (Å²) in [6, 6.07) is 4.14. The van der Waals surface area contributed by atoms with Gasteiger partial charge in [0.15, 0.2) is 0 Å². The van der Waals surface area contributed by atoms with Crippen LogP contribution in [-0.2, 0) is 0 Å². The molecular weight excluding hydrogens is 242 g/mol. The molecule has 0 bridgehead atoms. The lowest BCUT2D eigenvalue weighted by molar-refractivity contribution is 0.489. The summed E-state index contributed by atoms with van der Waals surface area (Å²) < 4.78 is 3.13. The largest absolute Gasteiger partial charge is 0.317 e. The van der Waals surface area contributed by atoms with Gasteiger partial charge in [-0.3, -0.25) is 0 Å². The first kappa shape index (κ1) is 9.68. The summed E-state index contributed by atoms with van der Waals surface area (Å²) in [5, 5.41) is 4.34. The molecule has 0 aliphatic rings. The Kier molecular flexibility index (Phi) is 2.56. The molecule has 2 aromatic rings. The highest BCUT2D eigenvalue weighted by atomic mass is 79.9. The Balaban J connectivity index is 2.58. The molecule has 1 N–H and O–H groups in total. The lowest BCUT2D eigenvalue weighted by Crippen LogP contribution is -2.19. The fraction of sp³-hybridized carbons (Fsp3) is 0.300. The van der Waals surface area contributed by atoms with E-state index in [0.717, 1.165) is 15.5 Å². The van der Waals surface area contributed by atoms with E-state index in [4.69, 9.17) is 0 Å². The van der Waals surface area contributed by atoms with Crippen LogP contribution in [0.3, 0.4) is 0 Å². The van der Waals surface area contributed by atoms with Crippen molar-refractivity contribution in [3.8, 4) is 0 Å². The molecule has 1 atom stereocenters. The van der Waals surface area contributed by atoms with Gasteiger partial charge in [0.1, 0.15) is 5.65 Å². The molecular formula is C10H12BrN3. The maximum atomic E-state index is 4.39. The van der Waals surface area contributed by atoms with E-state index in [1.165, 1.54) is 0 Å². The van der Waals surface area contributed by atoms with E-state index in [1.54, 1.807) is 0 Å². The van der Waals surface area contributed by atoms with Crippen LogP contribution in [0.5, 0.6) is 0 Å². The number of nitrogens with one attached hydrogen (secondary N) is 1. The van der Waals surface area contributed by atoms with Crippen molar-refractivity contribution in [2.24, 2.45) is 0 Å². The molecule has 0 radical (unpaired) electrons. The lowest BCUT2D eigenvalue weighted by Gasteiger charge is -2.12. The van der Waals surface area contributed by atoms with E-state index in [-0.39, 0.29) is 6.17 Å². The molecule has 4 heteroatoms. The van der Waals surface area contributed by atoms with Crippen LogP contribution in [0.25, 0.3) is 11.0 Å². The predicted molar refractivity (Wildman–Crippen MR) is 61.2 cm³/mol. The molecule has 0 aromatic carbocycles. The van der Waals surface area contributed by atoms with Crippen molar-refractivity contribution in [3.05, 3.63) is 29.0 Å². The van der Waals surface area contributed by atoms with Crippen LogP contribution in [0.4, 0.5) is 0 Å². The fourth-order valence-electron chi connectivity index (χ4n) is 1.47. The van der Waals surface area contributed by atoms with Crippen molar-refractivity contribution in [2.45, 2.75) is 13.1 Å². The average molecular weight is 254 g/mol. The highest BCUT2D eigenvalue weighted by Crippen LogP contribution is 2.20. The van der Waals surface area contributed by atoms with Gasteiger partial charge in [0.05, 0.1) is 6.17 Å². The zero-order chi connectivity index (χ0) is 10.1. The van der Waals surface area contributed by atoms with E-state index in [0.29, 0.717) is 0 Å². The van der Waals surface area contributed by atoms with Crippen LogP contribution < -0.4 is 5.32 Å². The van der Waals surface area contributed by atoms with E-state index < -0.39 is 0 Å². The molecule has 0 amide bonds. The third-order valence-electron chi connectivity index (χ3n) is 2.36.